The molecule has 1 unspecified atom stereocenters. The molecule has 13 heavy (non-hydrogen) atoms. The molecule has 1 aliphatic rings. The minimum atomic E-state index is -3.04. The third kappa shape index (κ3) is 1.52. The van der Waals surface area contributed by atoms with Crippen molar-refractivity contribution in [2.75, 3.05) is 7.11 Å². The Labute approximate surface area is 74.7 Å². The summed E-state index contributed by atoms with van der Waals surface area (Å²) in [4.78, 5) is 10.8. The highest BCUT2D eigenvalue weighted by Crippen LogP contribution is 2.59. The van der Waals surface area contributed by atoms with Crippen LogP contribution in [0, 0.1) is 5.41 Å². The molecule has 0 radical (unpaired) electrons. The molecule has 1 fully saturated rings. The van der Waals surface area contributed by atoms with Crippen LogP contribution in [0.5, 0.6) is 0 Å². The number of hydrogen-bond donors (Lipinski definition) is 1. The molecule has 3 nitrogen and oxygen atoms in total. The fourth-order valence-electron chi connectivity index (χ4n) is 1.42. The molecule has 0 aromatic carbocycles. The second-order valence-corrected chi connectivity index (χ2v) is 3.47. The quantitative estimate of drug-likeness (QED) is 0.680. The van der Waals surface area contributed by atoms with Crippen LogP contribution in [-0.4, -0.2) is 30.2 Å². The third-order valence-electron chi connectivity index (χ3n) is 2.61. The first-order chi connectivity index (χ1) is 5.85. The molecule has 1 aliphatic carbocycles. The average molecular weight is 194 g/mol. The molecule has 1 N–H and O–H groups in total. The molecule has 0 bridgehead atoms. The van der Waals surface area contributed by atoms with E-state index in [4.69, 9.17) is 0 Å². The zero-order valence-electron chi connectivity index (χ0n) is 7.51. The first-order valence-electron chi connectivity index (χ1n) is 3.99. The molecular weight excluding hydrogens is 182 g/mol. The van der Waals surface area contributed by atoms with Crippen molar-refractivity contribution >= 4 is 5.97 Å². The zero-order valence-corrected chi connectivity index (χ0v) is 7.51. The minimum Gasteiger partial charge on any atom is -0.467 e. The Hall–Kier alpha value is -0.710. The van der Waals surface area contributed by atoms with Crippen LogP contribution < -0.4 is 0 Å². The summed E-state index contributed by atoms with van der Waals surface area (Å²) in [5.41, 5.74) is -1.58. The number of ether oxygens (including phenoxy) is 1. The van der Waals surface area contributed by atoms with Crippen molar-refractivity contribution < 1.29 is 23.4 Å². The van der Waals surface area contributed by atoms with E-state index in [0.29, 0.717) is 6.92 Å². The normalized spacial score (nSPS) is 22.2. The summed E-state index contributed by atoms with van der Waals surface area (Å²) in [6.45, 7) is 0.714. The Bertz CT molecular complexity index is 218. The molecule has 1 saturated carbocycles. The lowest BCUT2D eigenvalue weighted by molar-refractivity contribution is -0.168. The summed E-state index contributed by atoms with van der Waals surface area (Å²) in [5, 5.41) is 9.29. The van der Waals surface area contributed by atoms with E-state index in [1.165, 1.54) is 0 Å². The minimum absolute atomic E-state index is 0.159. The molecule has 0 heterocycles. The van der Waals surface area contributed by atoms with Gasteiger partial charge < -0.3 is 9.84 Å². The molecule has 0 spiro atoms. The molecular formula is C8H12F2O3. The Kier molecular flexibility index (Phi) is 2.32. The average Bonchev–Trinajstić information content (AvgIpc) is 2.80. The number of carbonyl (C=O) groups is 1. The predicted molar refractivity (Wildman–Crippen MR) is 40.3 cm³/mol. The molecule has 0 aromatic rings. The number of rotatable bonds is 3. The molecule has 0 aliphatic heterocycles. The molecule has 1 rings (SSSR count). The second kappa shape index (κ2) is 2.90. The highest BCUT2D eigenvalue weighted by molar-refractivity contribution is 5.76. The van der Waals surface area contributed by atoms with E-state index in [1.54, 1.807) is 0 Å². The van der Waals surface area contributed by atoms with Gasteiger partial charge >= 0.3 is 5.97 Å². The van der Waals surface area contributed by atoms with Crippen LogP contribution in [0.1, 0.15) is 19.8 Å². The molecule has 1 atom stereocenters. The van der Waals surface area contributed by atoms with Gasteiger partial charge in [-0.15, -0.1) is 0 Å². The first-order valence-corrected chi connectivity index (χ1v) is 3.99. The fraction of sp³-hybridized carbons (Fsp3) is 0.875. The smallest absolute Gasteiger partial charge is 0.335 e. The summed E-state index contributed by atoms with van der Waals surface area (Å²) in [5.74, 6) is -4.03. The van der Waals surface area contributed by atoms with E-state index >= 15 is 0 Å². The standard InChI is InChI=1S/C8H12F2O3/c1-7(9,10)8(3-4-8)5(11)6(12)13-2/h5,11H,3-4H2,1-2H3. The van der Waals surface area contributed by atoms with Crippen LogP contribution in [0.25, 0.3) is 0 Å². The van der Waals surface area contributed by atoms with Crippen molar-refractivity contribution in [3.63, 3.8) is 0 Å². The molecule has 5 heteroatoms. The summed E-state index contributed by atoms with van der Waals surface area (Å²) < 4.78 is 30.1. The topological polar surface area (TPSA) is 46.5 Å². The van der Waals surface area contributed by atoms with E-state index in [0.717, 1.165) is 7.11 Å². The predicted octanol–water partition coefficient (Wildman–Crippen LogP) is 0.956. The van der Waals surface area contributed by atoms with Gasteiger partial charge in [-0.1, -0.05) is 0 Å². The van der Waals surface area contributed by atoms with Gasteiger partial charge in [-0.3, -0.25) is 0 Å². The maximum absolute atomic E-state index is 12.9. The Balaban J connectivity index is 2.77. The van der Waals surface area contributed by atoms with Crippen LogP contribution in [0.4, 0.5) is 8.78 Å². The van der Waals surface area contributed by atoms with Crippen molar-refractivity contribution in [1.29, 1.82) is 0 Å². The van der Waals surface area contributed by atoms with Gasteiger partial charge in [0.25, 0.3) is 5.92 Å². The number of esters is 1. The van der Waals surface area contributed by atoms with E-state index in [-0.39, 0.29) is 12.8 Å². The lowest BCUT2D eigenvalue weighted by Gasteiger charge is -2.26. The van der Waals surface area contributed by atoms with Crippen molar-refractivity contribution in [1.82, 2.24) is 0 Å². The largest absolute Gasteiger partial charge is 0.467 e. The monoisotopic (exact) mass is 194 g/mol. The van der Waals surface area contributed by atoms with Gasteiger partial charge in [0.2, 0.25) is 0 Å². The van der Waals surface area contributed by atoms with Gasteiger partial charge in [-0.2, -0.15) is 0 Å². The van der Waals surface area contributed by atoms with Gasteiger partial charge in [0, 0.05) is 6.92 Å². The SMILES string of the molecule is COC(=O)C(O)C1(C(C)(F)F)CC1. The van der Waals surface area contributed by atoms with Crippen LogP contribution in [0.15, 0.2) is 0 Å². The van der Waals surface area contributed by atoms with Gasteiger partial charge in [-0.25, -0.2) is 13.6 Å². The molecule has 0 saturated heterocycles. The van der Waals surface area contributed by atoms with E-state index in [2.05, 4.69) is 4.74 Å². The van der Waals surface area contributed by atoms with E-state index in [9.17, 15) is 18.7 Å². The van der Waals surface area contributed by atoms with Crippen molar-refractivity contribution in [2.24, 2.45) is 5.41 Å². The van der Waals surface area contributed by atoms with Crippen LogP contribution in [-0.2, 0) is 9.53 Å². The van der Waals surface area contributed by atoms with E-state index < -0.39 is 23.4 Å². The van der Waals surface area contributed by atoms with Gasteiger partial charge in [0.05, 0.1) is 12.5 Å². The van der Waals surface area contributed by atoms with Crippen LogP contribution >= 0.6 is 0 Å². The number of halogens is 2. The number of hydrogen-bond acceptors (Lipinski definition) is 3. The maximum Gasteiger partial charge on any atom is 0.335 e. The third-order valence-corrected chi connectivity index (χ3v) is 2.61. The zero-order chi connectivity index (χ0) is 10.3. The lowest BCUT2D eigenvalue weighted by Crippen LogP contribution is -2.42. The summed E-state index contributed by atoms with van der Waals surface area (Å²) in [7, 11) is 1.06. The first kappa shape index (κ1) is 10.4. The lowest BCUT2D eigenvalue weighted by atomic mass is 9.92. The summed E-state index contributed by atoms with van der Waals surface area (Å²) in [6, 6.07) is 0. The number of aliphatic hydroxyl groups is 1. The number of aliphatic hydroxyl groups excluding tert-OH is 1. The van der Waals surface area contributed by atoms with Crippen molar-refractivity contribution in [3.05, 3.63) is 0 Å². The Morgan fingerprint density at radius 3 is 2.31 bits per heavy atom. The van der Waals surface area contributed by atoms with Gasteiger partial charge in [0.15, 0.2) is 6.10 Å². The maximum atomic E-state index is 12.9. The number of alkyl halides is 2. The second-order valence-electron chi connectivity index (χ2n) is 3.47. The highest BCUT2D eigenvalue weighted by atomic mass is 19.3. The van der Waals surface area contributed by atoms with Gasteiger partial charge in [-0.05, 0) is 12.8 Å². The number of carbonyl (C=O) groups excluding carboxylic acids is 1. The summed E-state index contributed by atoms with van der Waals surface area (Å²) >= 11 is 0. The van der Waals surface area contributed by atoms with Crippen LogP contribution in [0.2, 0.25) is 0 Å². The fourth-order valence-corrected chi connectivity index (χ4v) is 1.42. The number of methoxy groups -OCH3 is 1. The van der Waals surface area contributed by atoms with Crippen LogP contribution in [0.3, 0.4) is 0 Å². The highest BCUT2D eigenvalue weighted by Gasteiger charge is 2.65. The Morgan fingerprint density at radius 2 is 2.08 bits per heavy atom. The summed E-state index contributed by atoms with van der Waals surface area (Å²) in [6.07, 6.45) is -1.39. The van der Waals surface area contributed by atoms with Gasteiger partial charge in [0.1, 0.15) is 0 Å². The molecule has 0 amide bonds. The Morgan fingerprint density at radius 1 is 1.62 bits per heavy atom. The van der Waals surface area contributed by atoms with Crippen molar-refractivity contribution in [3.8, 4) is 0 Å². The molecule has 76 valence electrons. The van der Waals surface area contributed by atoms with E-state index in [1.807, 2.05) is 0 Å². The molecule has 0 aromatic heterocycles. The van der Waals surface area contributed by atoms with Crippen molar-refractivity contribution in [2.45, 2.75) is 31.8 Å².